The zero-order chi connectivity index (χ0) is 17.6. The topological polar surface area (TPSA) is 59.0 Å². The lowest BCUT2D eigenvalue weighted by atomic mass is 9.85. The number of rotatable bonds is 6. The van der Waals surface area contributed by atoms with Gasteiger partial charge in [-0.1, -0.05) is 18.7 Å². The first-order valence-electron chi connectivity index (χ1n) is 8.87. The van der Waals surface area contributed by atoms with E-state index in [1.807, 2.05) is 42.1 Å². The standard InChI is InChI=1S/C19H26N4OS.ClH/c1-14(15-4-3-9-20-13-15)12-18(24)22-16-5-7-17(8-6-16)25-19-21-10-11-23(19)2;/h5-8,10-11,14-15,20H,3-4,9,12-13H2,1-2H3,(H,22,24);1H. The molecular formula is C19H27ClN4OS. The van der Waals surface area contributed by atoms with Crippen molar-refractivity contribution in [3.63, 3.8) is 0 Å². The maximum atomic E-state index is 12.3. The predicted molar refractivity (Wildman–Crippen MR) is 109 cm³/mol. The molecule has 2 aromatic rings. The maximum absolute atomic E-state index is 12.3. The third-order valence-corrected chi connectivity index (χ3v) is 5.86. The summed E-state index contributed by atoms with van der Waals surface area (Å²) in [6, 6.07) is 7.94. The van der Waals surface area contributed by atoms with Gasteiger partial charge in [0, 0.05) is 36.4 Å². The Hall–Kier alpha value is -1.50. The quantitative estimate of drug-likeness (QED) is 0.778. The summed E-state index contributed by atoms with van der Waals surface area (Å²) < 4.78 is 1.99. The second-order valence-corrected chi connectivity index (χ2v) is 7.82. The lowest BCUT2D eigenvalue weighted by molar-refractivity contribution is -0.117. The number of nitrogens with zero attached hydrogens (tertiary/aromatic N) is 2. The molecule has 2 N–H and O–H groups in total. The summed E-state index contributed by atoms with van der Waals surface area (Å²) in [5.41, 5.74) is 0.850. The fourth-order valence-electron chi connectivity index (χ4n) is 3.20. The van der Waals surface area contributed by atoms with Crippen LogP contribution in [0.5, 0.6) is 0 Å². The lowest BCUT2D eigenvalue weighted by Crippen LogP contribution is -2.34. The van der Waals surface area contributed by atoms with Gasteiger partial charge >= 0.3 is 0 Å². The Morgan fingerprint density at radius 3 is 2.81 bits per heavy atom. The third kappa shape index (κ3) is 5.76. The van der Waals surface area contributed by atoms with Crippen molar-refractivity contribution in [2.45, 2.75) is 36.2 Å². The summed E-state index contributed by atoms with van der Waals surface area (Å²) in [5, 5.41) is 7.40. The number of amides is 1. The van der Waals surface area contributed by atoms with Crippen LogP contribution in [0.1, 0.15) is 26.2 Å². The van der Waals surface area contributed by atoms with Gasteiger partial charge in [-0.2, -0.15) is 0 Å². The highest BCUT2D eigenvalue weighted by molar-refractivity contribution is 7.99. The summed E-state index contributed by atoms with van der Waals surface area (Å²) in [5.74, 6) is 1.12. The van der Waals surface area contributed by atoms with Gasteiger partial charge in [-0.15, -0.1) is 12.4 Å². The molecule has 1 aromatic carbocycles. The highest BCUT2D eigenvalue weighted by Gasteiger charge is 2.22. The molecule has 2 heterocycles. The molecule has 5 nitrogen and oxygen atoms in total. The molecule has 1 aliphatic rings. The number of nitrogens with one attached hydrogen (secondary N) is 2. The average Bonchev–Trinajstić information content (AvgIpc) is 3.02. The molecule has 2 unspecified atom stereocenters. The normalized spacial score (nSPS) is 18.0. The van der Waals surface area contributed by atoms with Crippen molar-refractivity contribution in [3.05, 3.63) is 36.7 Å². The van der Waals surface area contributed by atoms with Gasteiger partial charge < -0.3 is 15.2 Å². The van der Waals surface area contributed by atoms with Crippen LogP contribution in [-0.4, -0.2) is 28.5 Å². The highest BCUT2D eigenvalue weighted by atomic mass is 35.5. The molecule has 0 radical (unpaired) electrons. The van der Waals surface area contributed by atoms with Crippen molar-refractivity contribution in [1.29, 1.82) is 0 Å². The second kappa shape index (κ2) is 10.00. The number of carbonyl (C=O) groups is 1. The Labute approximate surface area is 165 Å². The largest absolute Gasteiger partial charge is 0.329 e. The Balaban J connectivity index is 0.00000243. The molecule has 0 saturated carbocycles. The molecule has 3 rings (SSSR count). The molecule has 1 aromatic heterocycles. The van der Waals surface area contributed by atoms with E-state index in [4.69, 9.17) is 0 Å². The van der Waals surface area contributed by atoms with E-state index in [0.717, 1.165) is 28.8 Å². The highest BCUT2D eigenvalue weighted by Crippen LogP contribution is 2.27. The van der Waals surface area contributed by atoms with Crippen LogP contribution in [0.15, 0.2) is 46.7 Å². The maximum Gasteiger partial charge on any atom is 0.224 e. The molecule has 0 aliphatic carbocycles. The fourth-order valence-corrected chi connectivity index (χ4v) is 4.00. The molecular weight excluding hydrogens is 368 g/mol. The zero-order valence-corrected chi connectivity index (χ0v) is 16.9. The van der Waals surface area contributed by atoms with Crippen LogP contribution >= 0.6 is 24.2 Å². The minimum Gasteiger partial charge on any atom is -0.329 e. The van der Waals surface area contributed by atoms with Crippen molar-refractivity contribution in [1.82, 2.24) is 14.9 Å². The molecule has 1 amide bonds. The molecule has 0 spiro atoms. The Kier molecular flexibility index (Phi) is 8.00. The monoisotopic (exact) mass is 394 g/mol. The number of imidazole rings is 1. The summed E-state index contributed by atoms with van der Waals surface area (Å²) in [6.07, 6.45) is 6.74. The molecule has 2 atom stereocenters. The van der Waals surface area contributed by atoms with Crippen molar-refractivity contribution < 1.29 is 4.79 Å². The summed E-state index contributed by atoms with van der Waals surface area (Å²) >= 11 is 1.61. The van der Waals surface area contributed by atoms with Crippen LogP contribution in [0.2, 0.25) is 0 Å². The molecule has 142 valence electrons. The number of aromatic nitrogens is 2. The first kappa shape index (κ1) is 20.8. The minimum absolute atomic E-state index is 0. The summed E-state index contributed by atoms with van der Waals surface area (Å²) in [7, 11) is 1.98. The van der Waals surface area contributed by atoms with Crippen molar-refractivity contribution >= 4 is 35.8 Å². The van der Waals surface area contributed by atoms with Crippen LogP contribution < -0.4 is 10.6 Å². The average molecular weight is 395 g/mol. The zero-order valence-electron chi connectivity index (χ0n) is 15.3. The molecule has 1 saturated heterocycles. The molecule has 1 fully saturated rings. The number of benzene rings is 1. The first-order chi connectivity index (χ1) is 12.1. The van der Waals surface area contributed by atoms with Crippen molar-refractivity contribution in [3.8, 4) is 0 Å². The fraction of sp³-hybridized carbons (Fsp3) is 0.474. The molecule has 7 heteroatoms. The van der Waals surface area contributed by atoms with E-state index < -0.39 is 0 Å². The number of aryl methyl sites for hydroxylation is 1. The SMILES string of the molecule is CC(CC(=O)Nc1ccc(Sc2nccn2C)cc1)C1CCCNC1.Cl. The van der Waals surface area contributed by atoms with Gasteiger partial charge in [-0.3, -0.25) is 4.79 Å². The number of piperidine rings is 1. The van der Waals surface area contributed by atoms with Gasteiger partial charge in [0.25, 0.3) is 0 Å². The van der Waals surface area contributed by atoms with Crippen LogP contribution in [0.25, 0.3) is 0 Å². The first-order valence-corrected chi connectivity index (χ1v) is 9.69. The minimum atomic E-state index is 0. The second-order valence-electron chi connectivity index (χ2n) is 6.78. The smallest absolute Gasteiger partial charge is 0.224 e. The number of hydrogen-bond acceptors (Lipinski definition) is 4. The van der Waals surface area contributed by atoms with Crippen LogP contribution in [0.4, 0.5) is 5.69 Å². The van der Waals surface area contributed by atoms with E-state index in [1.165, 1.54) is 12.8 Å². The van der Waals surface area contributed by atoms with E-state index in [9.17, 15) is 4.79 Å². The van der Waals surface area contributed by atoms with E-state index >= 15 is 0 Å². The summed E-state index contributed by atoms with van der Waals surface area (Å²) in [4.78, 5) is 17.7. The van der Waals surface area contributed by atoms with E-state index in [-0.39, 0.29) is 18.3 Å². The van der Waals surface area contributed by atoms with E-state index in [0.29, 0.717) is 18.3 Å². The van der Waals surface area contributed by atoms with Gasteiger partial charge in [0.05, 0.1) is 0 Å². The van der Waals surface area contributed by atoms with E-state index in [1.54, 1.807) is 18.0 Å². The Morgan fingerprint density at radius 1 is 1.42 bits per heavy atom. The van der Waals surface area contributed by atoms with Crippen LogP contribution in [0, 0.1) is 11.8 Å². The molecule has 1 aliphatic heterocycles. The predicted octanol–water partition coefficient (Wildman–Crippen LogP) is 3.96. The van der Waals surface area contributed by atoms with Gasteiger partial charge in [0.15, 0.2) is 5.16 Å². The number of halogens is 1. The number of hydrogen-bond donors (Lipinski definition) is 2. The van der Waals surface area contributed by atoms with E-state index in [2.05, 4.69) is 22.5 Å². The Bertz CT molecular complexity index is 698. The van der Waals surface area contributed by atoms with Gasteiger partial charge in [-0.05, 0) is 62.0 Å². The van der Waals surface area contributed by atoms with Crippen molar-refractivity contribution in [2.24, 2.45) is 18.9 Å². The van der Waals surface area contributed by atoms with Crippen LogP contribution in [0.3, 0.4) is 0 Å². The number of carbonyl (C=O) groups excluding carboxylic acids is 1. The number of anilines is 1. The Morgan fingerprint density at radius 2 is 2.19 bits per heavy atom. The third-order valence-electron chi connectivity index (χ3n) is 4.77. The van der Waals surface area contributed by atoms with Crippen molar-refractivity contribution in [2.75, 3.05) is 18.4 Å². The van der Waals surface area contributed by atoms with Gasteiger partial charge in [-0.25, -0.2) is 4.98 Å². The molecule has 26 heavy (non-hydrogen) atoms. The van der Waals surface area contributed by atoms with Gasteiger partial charge in [0.1, 0.15) is 0 Å². The lowest BCUT2D eigenvalue weighted by Gasteiger charge is -2.28. The molecule has 0 bridgehead atoms. The van der Waals surface area contributed by atoms with Gasteiger partial charge in [0.2, 0.25) is 5.91 Å². The summed E-state index contributed by atoms with van der Waals surface area (Å²) in [6.45, 7) is 4.33. The van der Waals surface area contributed by atoms with Crippen LogP contribution in [-0.2, 0) is 11.8 Å².